The molecule has 0 saturated carbocycles. The molecule has 0 fully saturated rings. The summed E-state index contributed by atoms with van der Waals surface area (Å²) in [5, 5.41) is 3.37. The first-order valence-electron chi connectivity index (χ1n) is 6.41. The summed E-state index contributed by atoms with van der Waals surface area (Å²) in [4.78, 5) is 4.08. The SMILES string of the molecule is Cl.FC(F)(F)c1ccc(C[C@@H]2Cn3cncc3CN2)cc1. The van der Waals surface area contributed by atoms with Gasteiger partial charge >= 0.3 is 6.18 Å². The van der Waals surface area contributed by atoms with E-state index in [2.05, 4.69) is 14.9 Å². The molecule has 7 heteroatoms. The Labute approximate surface area is 126 Å². The molecule has 0 amide bonds. The Bertz CT molecular complexity index is 592. The zero-order valence-electron chi connectivity index (χ0n) is 11.1. The molecule has 0 bridgehead atoms. The lowest BCUT2D eigenvalue weighted by Crippen LogP contribution is -2.39. The minimum absolute atomic E-state index is 0. The fourth-order valence-corrected chi connectivity index (χ4v) is 2.46. The van der Waals surface area contributed by atoms with Crippen molar-refractivity contribution >= 4 is 12.4 Å². The number of hydrogen-bond donors (Lipinski definition) is 1. The maximum atomic E-state index is 12.5. The first kappa shape index (κ1) is 15.9. The molecule has 0 radical (unpaired) electrons. The smallest absolute Gasteiger partial charge is 0.332 e. The van der Waals surface area contributed by atoms with Crippen LogP contribution in [-0.2, 0) is 25.7 Å². The predicted molar refractivity (Wildman–Crippen MR) is 75.3 cm³/mol. The van der Waals surface area contributed by atoms with Crippen molar-refractivity contribution < 1.29 is 13.2 Å². The fourth-order valence-electron chi connectivity index (χ4n) is 2.46. The topological polar surface area (TPSA) is 29.9 Å². The summed E-state index contributed by atoms with van der Waals surface area (Å²) in [5.74, 6) is 0. The van der Waals surface area contributed by atoms with Crippen molar-refractivity contribution in [2.45, 2.75) is 31.7 Å². The number of nitrogens with zero attached hydrogens (tertiary/aromatic N) is 2. The number of imidazole rings is 1. The zero-order chi connectivity index (χ0) is 14.2. The second-order valence-corrected chi connectivity index (χ2v) is 5.01. The molecule has 0 aliphatic carbocycles. The standard InChI is InChI=1S/C14H14F3N3.ClH/c15-14(16,17)11-3-1-10(2-4-11)5-12-8-20-9-18-6-13(20)7-19-12;/h1-4,6,9,12,19H,5,7-8H2;1H/t12-;/m1./s1. The molecular weight excluding hydrogens is 303 g/mol. The summed E-state index contributed by atoms with van der Waals surface area (Å²) < 4.78 is 39.5. The van der Waals surface area contributed by atoms with Gasteiger partial charge in [-0.2, -0.15) is 13.2 Å². The number of fused-ring (bicyclic) bond motifs is 1. The number of rotatable bonds is 2. The quantitative estimate of drug-likeness (QED) is 0.922. The van der Waals surface area contributed by atoms with Crippen LogP contribution < -0.4 is 5.32 Å². The Morgan fingerprint density at radius 1 is 1.24 bits per heavy atom. The van der Waals surface area contributed by atoms with Crippen molar-refractivity contribution in [1.29, 1.82) is 0 Å². The molecule has 0 spiro atoms. The highest BCUT2D eigenvalue weighted by Crippen LogP contribution is 2.29. The molecule has 2 heterocycles. The normalized spacial score (nSPS) is 18.0. The Morgan fingerprint density at radius 2 is 1.95 bits per heavy atom. The van der Waals surface area contributed by atoms with Gasteiger partial charge in [0.15, 0.2) is 0 Å². The van der Waals surface area contributed by atoms with E-state index in [1.807, 2.05) is 6.20 Å². The fraction of sp³-hybridized carbons (Fsp3) is 0.357. The maximum Gasteiger partial charge on any atom is 0.416 e. The van der Waals surface area contributed by atoms with Gasteiger partial charge in [-0.3, -0.25) is 0 Å². The Hall–Kier alpha value is -1.53. The van der Waals surface area contributed by atoms with Crippen LogP contribution in [-0.4, -0.2) is 15.6 Å². The van der Waals surface area contributed by atoms with Gasteiger partial charge in [0.1, 0.15) is 0 Å². The summed E-state index contributed by atoms with van der Waals surface area (Å²) in [6.45, 7) is 1.53. The number of benzene rings is 1. The van der Waals surface area contributed by atoms with Crippen LogP contribution in [0.5, 0.6) is 0 Å². The lowest BCUT2D eigenvalue weighted by molar-refractivity contribution is -0.137. The highest BCUT2D eigenvalue weighted by molar-refractivity contribution is 5.85. The highest BCUT2D eigenvalue weighted by atomic mass is 35.5. The van der Waals surface area contributed by atoms with Crippen molar-refractivity contribution in [3.05, 3.63) is 53.6 Å². The van der Waals surface area contributed by atoms with E-state index in [4.69, 9.17) is 0 Å². The van der Waals surface area contributed by atoms with E-state index in [9.17, 15) is 13.2 Å². The van der Waals surface area contributed by atoms with Crippen molar-refractivity contribution in [3.63, 3.8) is 0 Å². The molecule has 0 saturated heterocycles. The first-order valence-corrected chi connectivity index (χ1v) is 6.41. The minimum atomic E-state index is -4.27. The third-order valence-corrected chi connectivity index (χ3v) is 3.55. The molecular formula is C14H15ClF3N3. The van der Waals surface area contributed by atoms with Gasteiger partial charge in [-0.15, -0.1) is 12.4 Å². The van der Waals surface area contributed by atoms with Gasteiger partial charge in [-0.05, 0) is 24.1 Å². The van der Waals surface area contributed by atoms with Crippen LogP contribution in [0.2, 0.25) is 0 Å². The summed E-state index contributed by atoms with van der Waals surface area (Å²) in [6.07, 6.45) is 0.0420. The van der Waals surface area contributed by atoms with Crippen molar-refractivity contribution in [3.8, 4) is 0 Å². The number of halogens is 4. The summed E-state index contributed by atoms with van der Waals surface area (Å²) in [5.41, 5.74) is 1.43. The Balaban J connectivity index is 0.00000161. The van der Waals surface area contributed by atoms with Crippen LogP contribution in [0.15, 0.2) is 36.8 Å². The molecule has 1 aromatic carbocycles. The predicted octanol–water partition coefficient (Wildman–Crippen LogP) is 3.04. The van der Waals surface area contributed by atoms with Gasteiger partial charge in [0.05, 0.1) is 17.6 Å². The van der Waals surface area contributed by atoms with Gasteiger partial charge < -0.3 is 9.88 Å². The average Bonchev–Trinajstić information content (AvgIpc) is 2.86. The zero-order valence-corrected chi connectivity index (χ0v) is 11.9. The summed E-state index contributed by atoms with van der Waals surface area (Å²) in [6, 6.07) is 5.59. The van der Waals surface area contributed by atoms with Gasteiger partial charge in [0.25, 0.3) is 0 Å². The molecule has 3 nitrogen and oxygen atoms in total. The van der Waals surface area contributed by atoms with Crippen LogP contribution in [0.25, 0.3) is 0 Å². The van der Waals surface area contributed by atoms with Crippen molar-refractivity contribution in [1.82, 2.24) is 14.9 Å². The molecule has 0 unspecified atom stereocenters. The Kier molecular flexibility index (Phi) is 4.58. The molecule has 21 heavy (non-hydrogen) atoms. The second kappa shape index (κ2) is 6.07. The third kappa shape index (κ3) is 3.57. The van der Waals surface area contributed by atoms with Crippen molar-refractivity contribution in [2.24, 2.45) is 0 Å². The van der Waals surface area contributed by atoms with E-state index in [1.54, 1.807) is 18.5 Å². The van der Waals surface area contributed by atoms with E-state index in [1.165, 1.54) is 0 Å². The highest BCUT2D eigenvalue weighted by Gasteiger charge is 2.30. The molecule has 1 aromatic heterocycles. The largest absolute Gasteiger partial charge is 0.416 e. The van der Waals surface area contributed by atoms with E-state index in [-0.39, 0.29) is 18.4 Å². The van der Waals surface area contributed by atoms with Crippen LogP contribution in [0.4, 0.5) is 13.2 Å². The van der Waals surface area contributed by atoms with Gasteiger partial charge in [0.2, 0.25) is 0 Å². The molecule has 1 aliphatic heterocycles. The molecule has 1 atom stereocenters. The molecule has 3 rings (SSSR count). The summed E-state index contributed by atoms with van der Waals surface area (Å²) >= 11 is 0. The van der Waals surface area contributed by atoms with Gasteiger partial charge in [0, 0.05) is 25.3 Å². The molecule has 1 aliphatic rings. The molecule has 114 valence electrons. The van der Waals surface area contributed by atoms with E-state index in [0.717, 1.165) is 36.5 Å². The van der Waals surface area contributed by atoms with E-state index < -0.39 is 11.7 Å². The van der Waals surface area contributed by atoms with Crippen LogP contribution in [0, 0.1) is 0 Å². The van der Waals surface area contributed by atoms with Crippen molar-refractivity contribution in [2.75, 3.05) is 0 Å². The van der Waals surface area contributed by atoms with E-state index in [0.29, 0.717) is 6.42 Å². The lowest BCUT2D eigenvalue weighted by atomic mass is 10.0. The second-order valence-electron chi connectivity index (χ2n) is 5.01. The maximum absolute atomic E-state index is 12.5. The molecule has 1 N–H and O–H groups in total. The first-order chi connectivity index (χ1) is 9.52. The number of hydrogen-bond acceptors (Lipinski definition) is 2. The van der Waals surface area contributed by atoms with Gasteiger partial charge in [-0.1, -0.05) is 12.1 Å². The van der Waals surface area contributed by atoms with Crippen LogP contribution in [0.1, 0.15) is 16.8 Å². The van der Waals surface area contributed by atoms with E-state index >= 15 is 0 Å². The minimum Gasteiger partial charge on any atom is -0.332 e. The van der Waals surface area contributed by atoms with Crippen LogP contribution in [0.3, 0.4) is 0 Å². The Morgan fingerprint density at radius 3 is 2.62 bits per heavy atom. The number of nitrogens with one attached hydrogen (secondary N) is 1. The summed E-state index contributed by atoms with van der Waals surface area (Å²) in [7, 11) is 0. The van der Waals surface area contributed by atoms with Crippen LogP contribution >= 0.6 is 12.4 Å². The lowest BCUT2D eigenvalue weighted by Gasteiger charge is -2.25. The van der Waals surface area contributed by atoms with Gasteiger partial charge in [-0.25, -0.2) is 4.98 Å². The monoisotopic (exact) mass is 317 g/mol. The number of alkyl halides is 3. The molecule has 2 aromatic rings. The third-order valence-electron chi connectivity index (χ3n) is 3.55. The number of aromatic nitrogens is 2. The average molecular weight is 318 g/mol.